The van der Waals surface area contributed by atoms with Crippen LogP contribution in [0, 0.1) is 5.92 Å². The topological polar surface area (TPSA) is 52.7 Å². The average molecular weight is 255 g/mol. The lowest BCUT2D eigenvalue weighted by molar-refractivity contribution is -0.138. The van der Waals surface area contributed by atoms with Gasteiger partial charge in [0.1, 0.15) is 0 Å². The lowest BCUT2D eigenvalue weighted by atomic mass is 10.0. The molecule has 0 radical (unpaired) electrons. The largest absolute Gasteiger partial charge is 0.308 e. The SMILES string of the molecule is CCN1C(=O)CC(NC(CN(C)C)C(C)C)C1=O. The Morgan fingerprint density at radius 2 is 2.00 bits per heavy atom. The van der Waals surface area contributed by atoms with Gasteiger partial charge in [-0.3, -0.25) is 14.5 Å². The van der Waals surface area contributed by atoms with E-state index in [4.69, 9.17) is 0 Å². The van der Waals surface area contributed by atoms with Crippen LogP contribution in [0.5, 0.6) is 0 Å². The number of carbonyl (C=O) groups is 2. The quantitative estimate of drug-likeness (QED) is 0.694. The second-order valence-corrected chi connectivity index (χ2v) is 5.51. The van der Waals surface area contributed by atoms with Gasteiger partial charge in [-0.25, -0.2) is 0 Å². The van der Waals surface area contributed by atoms with Gasteiger partial charge in [0.15, 0.2) is 0 Å². The minimum absolute atomic E-state index is 0.0626. The van der Waals surface area contributed by atoms with Crippen molar-refractivity contribution in [1.82, 2.24) is 15.1 Å². The fourth-order valence-electron chi connectivity index (χ4n) is 2.25. The zero-order chi connectivity index (χ0) is 13.9. The number of amides is 2. The molecular formula is C13H25N3O2. The Bertz CT molecular complexity index is 315. The van der Waals surface area contributed by atoms with Crippen LogP contribution >= 0.6 is 0 Å². The highest BCUT2D eigenvalue weighted by molar-refractivity contribution is 6.05. The molecule has 2 atom stereocenters. The number of nitrogens with zero attached hydrogens (tertiary/aromatic N) is 2. The summed E-state index contributed by atoms with van der Waals surface area (Å²) in [6.07, 6.45) is 0.295. The molecule has 1 fully saturated rings. The fraction of sp³-hybridized carbons (Fsp3) is 0.846. The van der Waals surface area contributed by atoms with Gasteiger partial charge in [0, 0.05) is 19.1 Å². The van der Waals surface area contributed by atoms with E-state index in [1.165, 1.54) is 4.90 Å². The summed E-state index contributed by atoms with van der Waals surface area (Å²) in [5.41, 5.74) is 0. The van der Waals surface area contributed by atoms with Gasteiger partial charge in [0.25, 0.3) is 0 Å². The lowest BCUT2D eigenvalue weighted by Crippen LogP contribution is -2.49. The van der Waals surface area contributed by atoms with E-state index in [1.807, 2.05) is 21.0 Å². The number of hydrogen-bond donors (Lipinski definition) is 1. The molecule has 0 aromatic carbocycles. The van der Waals surface area contributed by atoms with E-state index < -0.39 is 0 Å². The Hall–Kier alpha value is -0.940. The third-order valence-corrected chi connectivity index (χ3v) is 3.34. The minimum atomic E-state index is -0.343. The second kappa shape index (κ2) is 6.29. The van der Waals surface area contributed by atoms with Crippen molar-refractivity contribution in [1.29, 1.82) is 0 Å². The maximum atomic E-state index is 12.0. The van der Waals surface area contributed by atoms with Gasteiger partial charge in [0.2, 0.25) is 11.8 Å². The Balaban J connectivity index is 2.65. The van der Waals surface area contributed by atoms with Crippen LogP contribution in [0.2, 0.25) is 0 Å². The van der Waals surface area contributed by atoms with Crippen LogP contribution in [0.25, 0.3) is 0 Å². The van der Waals surface area contributed by atoms with Crippen LogP contribution in [-0.4, -0.2) is 60.9 Å². The summed E-state index contributed by atoms with van der Waals surface area (Å²) in [4.78, 5) is 27.1. The second-order valence-electron chi connectivity index (χ2n) is 5.51. The highest BCUT2D eigenvalue weighted by Gasteiger charge is 2.38. The van der Waals surface area contributed by atoms with Crippen LogP contribution in [-0.2, 0) is 9.59 Å². The highest BCUT2D eigenvalue weighted by Crippen LogP contribution is 2.15. The zero-order valence-electron chi connectivity index (χ0n) is 12.1. The van der Waals surface area contributed by atoms with Crippen LogP contribution < -0.4 is 5.32 Å². The summed E-state index contributed by atoms with van der Waals surface area (Å²) in [7, 11) is 4.02. The van der Waals surface area contributed by atoms with Gasteiger partial charge in [-0.05, 0) is 26.9 Å². The first-order valence-corrected chi connectivity index (χ1v) is 6.61. The molecule has 18 heavy (non-hydrogen) atoms. The summed E-state index contributed by atoms with van der Waals surface area (Å²) < 4.78 is 0. The molecule has 2 amide bonds. The molecule has 1 saturated heterocycles. The van der Waals surface area contributed by atoms with E-state index in [-0.39, 0.29) is 23.9 Å². The molecule has 0 aliphatic carbocycles. The van der Waals surface area contributed by atoms with E-state index in [0.717, 1.165) is 6.54 Å². The highest BCUT2D eigenvalue weighted by atomic mass is 16.2. The number of carbonyl (C=O) groups excluding carboxylic acids is 2. The van der Waals surface area contributed by atoms with Crippen LogP contribution in [0.3, 0.4) is 0 Å². The van der Waals surface area contributed by atoms with Gasteiger partial charge in [-0.1, -0.05) is 13.8 Å². The molecule has 1 rings (SSSR count). The molecule has 2 unspecified atom stereocenters. The van der Waals surface area contributed by atoms with E-state index in [1.54, 1.807) is 0 Å². The third kappa shape index (κ3) is 3.53. The number of likely N-dealkylation sites (tertiary alicyclic amines) is 1. The lowest BCUT2D eigenvalue weighted by Gasteiger charge is -2.28. The first kappa shape index (κ1) is 15.1. The minimum Gasteiger partial charge on any atom is -0.308 e. The van der Waals surface area contributed by atoms with E-state index in [9.17, 15) is 9.59 Å². The van der Waals surface area contributed by atoms with Crippen molar-refractivity contribution < 1.29 is 9.59 Å². The van der Waals surface area contributed by atoms with Gasteiger partial charge < -0.3 is 10.2 Å². The maximum absolute atomic E-state index is 12.0. The summed E-state index contributed by atoms with van der Waals surface area (Å²) in [6, 6.07) is -0.122. The molecule has 104 valence electrons. The molecule has 1 aliphatic rings. The summed E-state index contributed by atoms with van der Waals surface area (Å²) in [6.45, 7) is 7.41. The first-order valence-electron chi connectivity index (χ1n) is 6.61. The Morgan fingerprint density at radius 1 is 1.39 bits per heavy atom. The molecule has 0 aromatic heterocycles. The van der Waals surface area contributed by atoms with Crippen LogP contribution in [0.15, 0.2) is 0 Å². The number of hydrogen-bond acceptors (Lipinski definition) is 4. The van der Waals surface area contributed by atoms with E-state index >= 15 is 0 Å². The van der Waals surface area contributed by atoms with E-state index in [2.05, 4.69) is 24.1 Å². The number of imide groups is 1. The summed E-state index contributed by atoms with van der Waals surface area (Å²) >= 11 is 0. The van der Waals surface area contributed by atoms with Crippen molar-refractivity contribution in [3.05, 3.63) is 0 Å². The molecule has 0 aromatic rings. The van der Waals surface area contributed by atoms with Crippen LogP contribution in [0.1, 0.15) is 27.2 Å². The van der Waals surface area contributed by atoms with Crippen molar-refractivity contribution in [2.45, 2.75) is 39.3 Å². The molecule has 1 aliphatic heterocycles. The first-order chi connectivity index (χ1) is 8.36. The number of likely N-dealkylation sites (N-methyl/N-ethyl adjacent to an activating group) is 2. The molecule has 5 nitrogen and oxygen atoms in total. The predicted molar refractivity (Wildman–Crippen MR) is 71.1 cm³/mol. The van der Waals surface area contributed by atoms with Crippen LogP contribution in [0.4, 0.5) is 0 Å². The molecule has 1 N–H and O–H groups in total. The fourth-order valence-corrected chi connectivity index (χ4v) is 2.25. The Labute approximate surface area is 110 Å². The van der Waals surface area contributed by atoms with Gasteiger partial charge >= 0.3 is 0 Å². The molecule has 0 bridgehead atoms. The van der Waals surface area contributed by atoms with Crippen molar-refractivity contribution >= 4 is 11.8 Å². The number of nitrogens with one attached hydrogen (secondary N) is 1. The molecule has 0 saturated carbocycles. The Morgan fingerprint density at radius 3 is 2.39 bits per heavy atom. The van der Waals surface area contributed by atoms with Gasteiger partial charge in [-0.15, -0.1) is 0 Å². The smallest absolute Gasteiger partial charge is 0.246 e. The van der Waals surface area contributed by atoms with Gasteiger partial charge in [0.05, 0.1) is 12.5 Å². The normalized spacial score (nSPS) is 22.4. The maximum Gasteiger partial charge on any atom is 0.246 e. The summed E-state index contributed by atoms with van der Waals surface area (Å²) in [5, 5.41) is 3.34. The average Bonchev–Trinajstić information content (AvgIpc) is 2.52. The predicted octanol–water partition coefficient (Wildman–Crippen LogP) is 0.310. The standard InChI is InChI=1S/C13H25N3O2/c1-6-16-12(17)7-10(13(16)18)14-11(9(2)3)8-15(4)5/h9-11,14H,6-8H2,1-5H3. The molecular weight excluding hydrogens is 230 g/mol. The Kier molecular flexibility index (Phi) is 5.28. The number of rotatable bonds is 6. The van der Waals surface area contributed by atoms with E-state index in [0.29, 0.717) is 18.9 Å². The third-order valence-electron chi connectivity index (χ3n) is 3.34. The zero-order valence-corrected chi connectivity index (χ0v) is 12.1. The van der Waals surface area contributed by atoms with Crippen molar-refractivity contribution in [2.24, 2.45) is 5.92 Å². The summed E-state index contributed by atoms with van der Waals surface area (Å²) in [5.74, 6) is 0.283. The van der Waals surface area contributed by atoms with Gasteiger partial charge in [-0.2, -0.15) is 0 Å². The molecule has 0 spiro atoms. The van der Waals surface area contributed by atoms with Crippen molar-refractivity contribution in [2.75, 3.05) is 27.2 Å². The molecule has 1 heterocycles. The van der Waals surface area contributed by atoms with Crippen molar-refractivity contribution in [3.63, 3.8) is 0 Å². The molecule has 5 heteroatoms. The monoisotopic (exact) mass is 255 g/mol. The van der Waals surface area contributed by atoms with Crippen molar-refractivity contribution in [3.8, 4) is 0 Å².